The average Bonchev–Trinajstić information content (AvgIpc) is 2.99. The molecule has 1 aliphatic rings. The summed E-state index contributed by atoms with van der Waals surface area (Å²) < 4.78 is 5.79. The minimum Gasteiger partial charge on any atom is -0.490 e. The van der Waals surface area contributed by atoms with Crippen molar-refractivity contribution in [3.8, 4) is 5.75 Å². The first kappa shape index (κ1) is 15.8. The number of hydrogen-bond acceptors (Lipinski definition) is 6. The van der Waals surface area contributed by atoms with Gasteiger partial charge >= 0.3 is 0 Å². The molecule has 0 radical (unpaired) electrons. The van der Waals surface area contributed by atoms with E-state index in [-0.39, 0.29) is 22.2 Å². The van der Waals surface area contributed by atoms with Crippen LogP contribution in [0.25, 0.3) is 0 Å². The highest BCUT2D eigenvalue weighted by Crippen LogP contribution is 2.23. The molecule has 0 aromatic carbocycles. The predicted octanol–water partition coefficient (Wildman–Crippen LogP) is 2.23. The van der Waals surface area contributed by atoms with Crippen LogP contribution in [0, 0.1) is 0 Å². The fraction of sp³-hybridized carbons (Fsp3) is 0.375. The largest absolute Gasteiger partial charge is 0.490 e. The lowest BCUT2D eigenvalue weighted by Gasteiger charge is -2.19. The Kier molecular flexibility index (Phi) is 4.83. The van der Waals surface area contributed by atoms with Crippen LogP contribution in [0.1, 0.15) is 28.9 Å². The van der Waals surface area contributed by atoms with Crippen molar-refractivity contribution in [2.45, 2.75) is 18.9 Å². The number of rotatable bonds is 5. The van der Waals surface area contributed by atoms with Crippen molar-refractivity contribution in [3.63, 3.8) is 0 Å². The number of nitrogens with zero attached hydrogens (tertiary/aromatic N) is 4. The van der Waals surface area contributed by atoms with Gasteiger partial charge in [0.15, 0.2) is 0 Å². The van der Waals surface area contributed by atoms with E-state index in [1.165, 1.54) is 18.8 Å². The molecule has 1 aliphatic heterocycles. The number of carbonyl (C=O) groups excluding carboxylic acids is 1. The van der Waals surface area contributed by atoms with Crippen molar-refractivity contribution in [2.24, 2.45) is 0 Å². The quantitative estimate of drug-likeness (QED) is 0.618. The summed E-state index contributed by atoms with van der Waals surface area (Å²) in [5, 5.41) is 7.65. The van der Waals surface area contributed by atoms with Crippen LogP contribution in [-0.4, -0.2) is 52.1 Å². The first-order chi connectivity index (χ1) is 11.1. The number of halogens is 1. The monoisotopic (exact) mass is 332 g/mol. The van der Waals surface area contributed by atoms with E-state index in [1.807, 2.05) is 0 Å². The maximum Gasteiger partial charge on any atom is 0.216 e. The molecule has 1 saturated heterocycles. The molecule has 120 valence electrons. The standard InChI is InChI=1S/C16H17ClN4O2/c1-21-7-3-4-11(21)10-23-12-8-13(16(17)18-9-12)15(22)14-5-2-6-19-20-14/h2,5-6,8-9,11H,3-4,7,10H2,1H3/t11-/m1/s1. The van der Waals surface area contributed by atoms with Crippen LogP contribution in [0.2, 0.25) is 5.15 Å². The lowest BCUT2D eigenvalue weighted by Crippen LogP contribution is -2.30. The molecule has 0 unspecified atom stereocenters. The maximum atomic E-state index is 12.4. The van der Waals surface area contributed by atoms with E-state index in [4.69, 9.17) is 16.3 Å². The van der Waals surface area contributed by atoms with Crippen LogP contribution in [0.3, 0.4) is 0 Å². The Bertz CT molecular complexity index is 696. The Morgan fingerprint density at radius 3 is 3.09 bits per heavy atom. The van der Waals surface area contributed by atoms with Crippen molar-refractivity contribution >= 4 is 17.4 Å². The van der Waals surface area contributed by atoms with E-state index < -0.39 is 0 Å². The molecular formula is C16H17ClN4O2. The fourth-order valence-corrected chi connectivity index (χ4v) is 2.80. The number of likely N-dealkylation sites (tertiary alicyclic amines) is 1. The SMILES string of the molecule is CN1CCC[C@@H]1COc1cnc(Cl)c(C(=O)c2cccnn2)c1. The van der Waals surface area contributed by atoms with Crippen LogP contribution in [0.5, 0.6) is 5.75 Å². The second kappa shape index (κ2) is 7.02. The van der Waals surface area contributed by atoms with Crippen LogP contribution in [-0.2, 0) is 0 Å². The van der Waals surface area contributed by atoms with Gasteiger partial charge in [-0.15, -0.1) is 5.10 Å². The van der Waals surface area contributed by atoms with E-state index in [2.05, 4.69) is 27.1 Å². The zero-order valence-electron chi connectivity index (χ0n) is 12.8. The Balaban J connectivity index is 1.75. The summed E-state index contributed by atoms with van der Waals surface area (Å²) in [7, 11) is 2.09. The van der Waals surface area contributed by atoms with Crippen LogP contribution >= 0.6 is 11.6 Å². The molecule has 1 atom stereocenters. The third-order valence-electron chi connectivity index (χ3n) is 3.98. The Hall–Kier alpha value is -2.05. The third kappa shape index (κ3) is 3.65. The minimum absolute atomic E-state index is 0.131. The maximum absolute atomic E-state index is 12.4. The molecule has 23 heavy (non-hydrogen) atoms. The highest BCUT2D eigenvalue weighted by Gasteiger charge is 2.22. The average molecular weight is 333 g/mol. The molecular weight excluding hydrogens is 316 g/mol. The zero-order chi connectivity index (χ0) is 16.2. The van der Waals surface area contributed by atoms with E-state index >= 15 is 0 Å². The lowest BCUT2D eigenvalue weighted by molar-refractivity contribution is 0.103. The highest BCUT2D eigenvalue weighted by atomic mass is 35.5. The van der Waals surface area contributed by atoms with Crippen molar-refractivity contribution in [3.05, 3.63) is 47.0 Å². The molecule has 2 aromatic rings. The van der Waals surface area contributed by atoms with Gasteiger partial charge in [-0.25, -0.2) is 4.98 Å². The molecule has 7 heteroatoms. The summed E-state index contributed by atoms with van der Waals surface area (Å²) in [5.74, 6) is 0.209. The number of hydrogen-bond donors (Lipinski definition) is 0. The molecule has 6 nitrogen and oxygen atoms in total. The van der Waals surface area contributed by atoms with Gasteiger partial charge in [0.25, 0.3) is 0 Å². The molecule has 0 spiro atoms. The number of likely N-dealkylation sites (N-methyl/N-ethyl adjacent to an activating group) is 1. The second-order valence-corrected chi connectivity index (χ2v) is 5.89. The highest BCUT2D eigenvalue weighted by molar-refractivity contribution is 6.33. The molecule has 0 bridgehead atoms. The fourth-order valence-electron chi connectivity index (χ4n) is 2.61. The van der Waals surface area contributed by atoms with E-state index in [9.17, 15) is 4.79 Å². The molecule has 0 N–H and O–H groups in total. The molecule has 0 saturated carbocycles. The zero-order valence-corrected chi connectivity index (χ0v) is 13.5. The van der Waals surface area contributed by atoms with Gasteiger partial charge in [-0.3, -0.25) is 4.79 Å². The number of aromatic nitrogens is 3. The topological polar surface area (TPSA) is 68.2 Å². The van der Waals surface area contributed by atoms with Gasteiger partial charge in [-0.2, -0.15) is 5.10 Å². The van der Waals surface area contributed by atoms with E-state index in [0.29, 0.717) is 18.4 Å². The van der Waals surface area contributed by atoms with Crippen LogP contribution < -0.4 is 4.74 Å². The van der Waals surface area contributed by atoms with Gasteiger partial charge in [0, 0.05) is 12.2 Å². The van der Waals surface area contributed by atoms with Gasteiger partial charge in [-0.05, 0) is 44.6 Å². The number of ether oxygens (including phenoxy) is 1. The van der Waals surface area contributed by atoms with Crippen molar-refractivity contribution in [2.75, 3.05) is 20.2 Å². The number of carbonyl (C=O) groups is 1. The summed E-state index contributed by atoms with van der Waals surface area (Å²) in [6.07, 6.45) is 5.34. The Labute approximate surface area is 139 Å². The van der Waals surface area contributed by atoms with Gasteiger partial charge in [0.2, 0.25) is 5.78 Å². The second-order valence-electron chi connectivity index (χ2n) is 5.54. The van der Waals surface area contributed by atoms with E-state index in [0.717, 1.165) is 13.0 Å². The first-order valence-corrected chi connectivity index (χ1v) is 7.84. The molecule has 0 amide bonds. The Morgan fingerprint density at radius 2 is 2.39 bits per heavy atom. The van der Waals surface area contributed by atoms with Gasteiger partial charge in [0.05, 0.1) is 11.8 Å². The van der Waals surface area contributed by atoms with Crippen molar-refractivity contribution in [1.82, 2.24) is 20.1 Å². The van der Waals surface area contributed by atoms with Gasteiger partial charge in [-0.1, -0.05) is 11.6 Å². The normalized spacial score (nSPS) is 18.1. The number of pyridine rings is 1. The first-order valence-electron chi connectivity index (χ1n) is 7.46. The summed E-state index contributed by atoms with van der Waals surface area (Å²) in [6, 6.07) is 5.25. The van der Waals surface area contributed by atoms with Gasteiger partial charge < -0.3 is 9.64 Å². The third-order valence-corrected chi connectivity index (χ3v) is 4.28. The number of ketones is 1. The summed E-state index contributed by atoms with van der Waals surface area (Å²) in [5.41, 5.74) is 0.494. The minimum atomic E-state index is -0.320. The summed E-state index contributed by atoms with van der Waals surface area (Å²) >= 11 is 6.05. The molecule has 0 aliphatic carbocycles. The predicted molar refractivity (Wildman–Crippen MR) is 85.9 cm³/mol. The van der Waals surface area contributed by atoms with Crippen molar-refractivity contribution < 1.29 is 9.53 Å². The summed E-state index contributed by atoms with van der Waals surface area (Å²) in [4.78, 5) is 18.8. The van der Waals surface area contributed by atoms with Crippen molar-refractivity contribution in [1.29, 1.82) is 0 Å². The summed E-state index contributed by atoms with van der Waals surface area (Å²) in [6.45, 7) is 1.65. The van der Waals surface area contributed by atoms with Gasteiger partial charge in [0.1, 0.15) is 23.2 Å². The van der Waals surface area contributed by atoms with Crippen LogP contribution in [0.15, 0.2) is 30.6 Å². The molecule has 3 heterocycles. The molecule has 1 fully saturated rings. The van der Waals surface area contributed by atoms with Crippen LogP contribution in [0.4, 0.5) is 0 Å². The Morgan fingerprint density at radius 1 is 1.52 bits per heavy atom. The molecule has 2 aromatic heterocycles. The molecule has 3 rings (SSSR count). The smallest absolute Gasteiger partial charge is 0.216 e. The lowest BCUT2D eigenvalue weighted by atomic mass is 10.1. The van der Waals surface area contributed by atoms with E-state index in [1.54, 1.807) is 18.2 Å².